The van der Waals surface area contributed by atoms with Gasteiger partial charge < -0.3 is 5.32 Å². The molecule has 1 saturated heterocycles. The predicted octanol–water partition coefficient (Wildman–Crippen LogP) is 4.15. The fourth-order valence-electron chi connectivity index (χ4n) is 3.70. The highest BCUT2D eigenvalue weighted by Crippen LogP contribution is 2.25. The first-order valence-electron chi connectivity index (χ1n) is 9.97. The van der Waals surface area contributed by atoms with Crippen LogP contribution in [-0.4, -0.2) is 31.7 Å². The van der Waals surface area contributed by atoms with Crippen LogP contribution in [0.15, 0.2) is 54.6 Å². The number of nitrogens with one attached hydrogen (secondary N) is 1. The Labute approximate surface area is 178 Å². The molecule has 1 heterocycles. The van der Waals surface area contributed by atoms with Gasteiger partial charge in [-0.2, -0.15) is 0 Å². The highest BCUT2D eigenvalue weighted by atomic mass is 35.5. The molecule has 0 bridgehead atoms. The Balaban J connectivity index is 1.57. The van der Waals surface area contributed by atoms with Crippen molar-refractivity contribution in [1.82, 2.24) is 9.62 Å². The first-order valence-corrected chi connectivity index (χ1v) is 12.0. The molecule has 1 aliphatic rings. The summed E-state index contributed by atoms with van der Waals surface area (Å²) in [5.74, 6) is -0.279. The second kappa shape index (κ2) is 9.74. The van der Waals surface area contributed by atoms with Crippen LogP contribution >= 0.6 is 11.6 Å². The molecule has 2 aromatic rings. The number of hydrogen-bond donors (Lipinski definition) is 1. The molecule has 3 rings (SSSR count). The van der Waals surface area contributed by atoms with Gasteiger partial charge in [-0.25, -0.2) is 12.7 Å². The van der Waals surface area contributed by atoms with E-state index < -0.39 is 10.0 Å². The molecule has 0 spiro atoms. The maximum atomic E-state index is 12.8. The minimum Gasteiger partial charge on any atom is -0.349 e. The van der Waals surface area contributed by atoms with E-state index in [1.165, 1.54) is 4.31 Å². The number of piperidine rings is 1. The van der Waals surface area contributed by atoms with E-state index in [4.69, 9.17) is 11.6 Å². The number of rotatable bonds is 7. The largest absolute Gasteiger partial charge is 0.349 e. The van der Waals surface area contributed by atoms with Gasteiger partial charge in [0, 0.05) is 24.0 Å². The van der Waals surface area contributed by atoms with Crippen LogP contribution in [0.5, 0.6) is 0 Å². The molecule has 0 aromatic heterocycles. The van der Waals surface area contributed by atoms with Gasteiger partial charge >= 0.3 is 0 Å². The van der Waals surface area contributed by atoms with E-state index in [-0.39, 0.29) is 23.6 Å². The SMILES string of the molecule is CCC(NC(=O)C1CCN(S(=O)(=O)Cc2ccccc2Cl)CC1)c1ccccc1. The summed E-state index contributed by atoms with van der Waals surface area (Å²) in [5, 5.41) is 3.58. The Kier molecular flexibility index (Phi) is 7.33. The molecule has 1 atom stereocenters. The summed E-state index contributed by atoms with van der Waals surface area (Å²) in [6, 6.07) is 16.9. The van der Waals surface area contributed by atoms with Crippen molar-refractivity contribution < 1.29 is 13.2 Å². The standard InChI is InChI=1S/C22H27ClN2O3S/c1-2-21(17-8-4-3-5-9-17)24-22(26)18-12-14-25(15-13-18)29(27,28)16-19-10-6-7-11-20(19)23/h3-11,18,21H,2,12-16H2,1H3,(H,24,26). The van der Waals surface area contributed by atoms with Crippen LogP contribution in [0.4, 0.5) is 0 Å². The molecule has 0 saturated carbocycles. The molecule has 1 N–H and O–H groups in total. The summed E-state index contributed by atoms with van der Waals surface area (Å²) < 4.78 is 27.0. The summed E-state index contributed by atoms with van der Waals surface area (Å²) in [4.78, 5) is 12.7. The molecule has 1 aliphatic heterocycles. The van der Waals surface area contributed by atoms with Gasteiger partial charge in [0.15, 0.2) is 0 Å². The molecule has 7 heteroatoms. The zero-order valence-corrected chi connectivity index (χ0v) is 18.1. The lowest BCUT2D eigenvalue weighted by atomic mass is 9.96. The third kappa shape index (κ3) is 5.59. The zero-order valence-electron chi connectivity index (χ0n) is 16.6. The van der Waals surface area contributed by atoms with Gasteiger partial charge in [-0.05, 0) is 36.5 Å². The van der Waals surface area contributed by atoms with E-state index in [1.54, 1.807) is 24.3 Å². The van der Waals surface area contributed by atoms with Crippen LogP contribution in [0.1, 0.15) is 43.4 Å². The summed E-state index contributed by atoms with van der Waals surface area (Å²) in [7, 11) is -3.46. The van der Waals surface area contributed by atoms with Crippen molar-refractivity contribution in [3.05, 3.63) is 70.7 Å². The van der Waals surface area contributed by atoms with Crippen molar-refractivity contribution in [1.29, 1.82) is 0 Å². The van der Waals surface area contributed by atoms with Crippen LogP contribution in [0, 0.1) is 5.92 Å². The van der Waals surface area contributed by atoms with Gasteiger partial charge in [0.2, 0.25) is 15.9 Å². The molecular weight excluding hydrogens is 408 g/mol. The van der Waals surface area contributed by atoms with E-state index >= 15 is 0 Å². The number of sulfonamides is 1. The lowest BCUT2D eigenvalue weighted by Crippen LogP contribution is -2.44. The average Bonchev–Trinajstić information content (AvgIpc) is 2.74. The van der Waals surface area contributed by atoms with Crippen molar-refractivity contribution in [2.75, 3.05) is 13.1 Å². The molecule has 156 valence electrons. The summed E-state index contributed by atoms with van der Waals surface area (Å²) in [5.41, 5.74) is 1.69. The fraction of sp³-hybridized carbons (Fsp3) is 0.409. The maximum Gasteiger partial charge on any atom is 0.223 e. The highest BCUT2D eigenvalue weighted by Gasteiger charge is 2.32. The van der Waals surface area contributed by atoms with Gasteiger partial charge in [0.1, 0.15) is 0 Å². The molecule has 0 radical (unpaired) electrons. The number of hydrogen-bond acceptors (Lipinski definition) is 3. The van der Waals surface area contributed by atoms with Crippen molar-refractivity contribution in [2.24, 2.45) is 5.92 Å². The Morgan fingerprint density at radius 2 is 1.72 bits per heavy atom. The van der Waals surface area contributed by atoms with Gasteiger partial charge in [0.05, 0.1) is 11.8 Å². The van der Waals surface area contributed by atoms with Crippen LogP contribution in [0.3, 0.4) is 0 Å². The minimum atomic E-state index is -3.46. The number of carbonyl (C=O) groups excluding carboxylic acids is 1. The molecule has 29 heavy (non-hydrogen) atoms. The van der Waals surface area contributed by atoms with Gasteiger partial charge in [-0.3, -0.25) is 4.79 Å². The van der Waals surface area contributed by atoms with E-state index in [1.807, 2.05) is 37.3 Å². The van der Waals surface area contributed by atoms with Crippen molar-refractivity contribution in [3.8, 4) is 0 Å². The molecule has 1 fully saturated rings. The van der Waals surface area contributed by atoms with Gasteiger partial charge in [0.25, 0.3) is 0 Å². The molecule has 1 unspecified atom stereocenters. The average molecular weight is 435 g/mol. The Hall–Kier alpha value is -1.89. The first kappa shape index (κ1) is 21.8. The van der Waals surface area contributed by atoms with Crippen molar-refractivity contribution in [2.45, 2.75) is 38.0 Å². The van der Waals surface area contributed by atoms with Gasteiger partial charge in [-0.15, -0.1) is 0 Å². The van der Waals surface area contributed by atoms with Crippen molar-refractivity contribution in [3.63, 3.8) is 0 Å². The van der Waals surface area contributed by atoms with Crippen LogP contribution in [0.2, 0.25) is 5.02 Å². The number of amides is 1. The van der Waals surface area contributed by atoms with E-state index in [0.29, 0.717) is 36.5 Å². The molecule has 2 aromatic carbocycles. The fourth-order valence-corrected chi connectivity index (χ4v) is 5.57. The quantitative estimate of drug-likeness (QED) is 0.711. The van der Waals surface area contributed by atoms with E-state index in [9.17, 15) is 13.2 Å². The second-order valence-electron chi connectivity index (χ2n) is 7.40. The van der Waals surface area contributed by atoms with E-state index in [2.05, 4.69) is 5.32 Å². The zero-order chi connectivity index (χ0) is 20.9. The summed E-state index contributed by atoms with van der Waals surface area (Å²) in [6.07, 6.45) is 1.86. The van der Waals surface area contributed by atoms with Gasteiger partial charge in [-0.1, -0.05) is 67.1 Å². The maximum absolute atomic E-state index is 12.8. The lowest BCUT2D eigenvalue weighted by Gasteiger charge is -2.31. The summed E-state index contributed by atoms with van der Waals surface area (Å²) in [6.45, 7) is 2.75. The smallest absolute Gasteiger partial charge is 0.223 e. The number of benzene rings is 2. The Morgan fingerprint density at radius 1 is 1.10 bits per heavy atom. The molecule has 0 aliphatic carbocycles. The normalized spacial score (nSPS) is 17.0. The topological polar surface area (TPSA) is 66.5 Å². The number of halogens is 1. The number of carbonyl (C=O) groups is 1. The van der Waals surface area contributed by atoms with E-state index in [0.717, 1.165) is 12.0 Å². The third-order valence-electron chi connectivity index (χ3n) is 5.44. The second-order valence-corrected chi connectivity index (χ2v) is 9.78. The van der Waals surface area contributed by atoms with Crippen LogP contribution in [-0.2, 0) is 20.6 Å². The molecule has 1 amide bonds. The summed E-state index contributed by atoms with van der Waals surface area (Å²) >= 11 is 6.11. The minimum absolute atomic E-state index is 0.00357. The van der Waals surface area contributed by atoms with Crippen LogP contribution < -0.4 is 5.32 Å². The molecule has 5 nitrogen and oxygen atoms in total. The lowest BCUT2D eigenvalue weighted by molar-refractivity contribution is -0.126. The number of nitrogens with zero attached hydrogens (tertiary/aromatic N) is 1. The Morgan fingerprint density at radius 3 is 2.34 bits per heavy atom. The van der Waals surface area contributed by atoms with Crippen LogP contribution in [0.25, 0.3) is 0 Å². The molecular formula is C22H27ClN2O3S. The van der Waals surface area contributed by atoms with Crippen molar-refractivity contribution >= 4 is 27.5 Å². The monoisotopic (exact) mass is 434 g/mol. The predicted molar refractivity (Wildman–Crippen MR) is 116 cm³/mol. The Bertz CT molecular complexity index is 926. The third-order valence-corrected chi connectivity index (χ3v) is 7.64. The first-order chi connectivity index (χ1) is 13.9. The highest BCUT2D eigenvalue weighted by molar-refractivity contribution is 7.88.